The van der Waals surface area contributed by atoms with Gasteiger partial charge in [-0.05, 0) is 43.4 Å². The van der Waals surface area contributed by atoms with Gasteiger partial charge in [0, 0.05) is 28.5 Å². The van der Waals surface area contributed by atoms with Gasteiger partial charge in [0.2, 0.25) is 5.91 Å². The zero-order valence-electron chi connectivity index (χ0n) is 13.5. The van der Waals surface area contributed by atoms with Crippen LogP contribution in [-0.2, 0) is 11.2 Å². The number of carbonyl (C=O) groups excluding carboxylic acids is 1. The Kier molecular flexibility index (Phi) is 5.38. The Hall–Kier alpha value is -0.930. The molecule has 0 unspecified atom stereocenters. The van der Waals surface area contributed by atoms with Crippen molar-refractivity contribution in [3.63, 3.8) is 0 Å². The van der Waals surface area contributed by atoms with Crippen molar-refractivity contribution in [2.45, 2.75) is 51.0 Å². The lowest BCUT2D eigenvalue weighted by atomic mass is 9.94. The number of benzene rings is 1. The van der Waals surface area contributed by atoms with Crippen LogP contribution >= 0.6 is 23.2 Å². The summed E-state index contributed by atoms with van der Waals surface area (Å²) in [6.07, 6.45) is 7.62. The highest BCUT2D eigenvalue weighted by Gasteiger charge is 2.36. The normalized spacial score (nSPS) is 22.7. The maximum absolute atomic E-state index is 12.8. The Bertz CT molecular complexity index is 561. The fourth-order valence-corrected chi connectivity index (χ4v) is 4.47. The molecule has 1 aromatic rings. The van der Waals surface area contributed by atoms with Crippen molar-refractivity contribution in [2.24, 2.45) is 5.92 Å². The van der Waals surface area contributed by atoms with E-state index in [4.69, 9.17) is 27.9 Å². The summed E-state index contributed by atoms with van der Waals surface area (Å²) < 4.78 is 5.17. The standard InChI is InChI=1S/C18H23Cl2NO2/c1-23-14-10-16(19)15(17(20)11-14)9-12-7-8-21(18(12)22)13-5-3-2-4-6-13/h10-13H,2-9H2,1H3/t12-/m1/s1. The number of hydrogen-bond acceptors (Lipinski definition) is 2. The molecule has 1 saturated heterocycles. The third kappa shape index (κ3) is 3.61. The summed E-state index contributed by atoms with van der Waals surface area (Å²) in [5.41, 5.74) is 0.859. The Labute approximate surface area is 147 Å². The number of likely N-dealkylation sites (tertiary alicyclic amines) is 1. The van der Waals surface area contributed by atoms with Crippen LogP contribution in [0.4, 0.5) is 0 Å². The molecule has 23 heavy (non-hydrogen) atoms. The third-order valence-corrected chi connectivity index (χ3v) is 5.84. The van der Waals surface area contributed by atoms with Gasteiger partial charge in [-0.2, -0.15) is 0 Å². The molecule has 0 N–H and O–H groups in total. The summed E-state index contributed by atoms with van der Waals surface area (Å²) in [4.78, 5) is 14.9. The van der Waals surface area contributed by atoms with Gasteiger partial charge in [0.15, 0.2) is 0 Å². The van der Waals surface area contributed by atoms with Crippen LogP contribution in [0.2, 0.25) is 10.0 Å². The quantitative estimate of drug-likeness (QED) is 0.781. The number of rotatable bonds is 4. The summed E-state index contributed by atoms with van der Waals surface area (Å²) >= 11 is 12.7. The number of hydrogen-bond donors (Lipinski definition) is 0. The van der Waals surface area contributed by atoms with E-state index in [9.17, 15) is 4.79 Å². The number of amides is 1. The predicted octanol–water partition coefficient (Wildman–Crippen LogP) is 4.73. The minimum Gasteiger partial charge on any atom is -0.497 e. The van der Waals surface area contributed by atoms with E-state index in [1.807, 2.05) is 0 Å². The average Bonchev–Trinajstić information content (AvgIpc) is 2.92. The van der Waals surface area contributed by atoms with Gasteiger partial charge in [-0.3, -0.25) is 4.79 Å². The SMILES string of the molecule is COc1cc(Cl)c(C[C@H]2CCN(C3CCCCC3)C2=O)c(Cl)c1. The number of ether oxygens (including phenoxy) is 1. The van der Waals surface area contributed by atoms with E-state index in [-0.39, 0.29) is 11.8 Å². The van der Waals surface area contributed by atoms with E-state index >= 15 is 0 Å². The number of carbonyl (C=O) groups is 1. The second-order valence-corrected chi connectivity index (χ2v) is 7.40. The Morgan fingerprint density at radius 2 is 1.78 bits per heavy atom. The fraction of sp³-hybridized carbons (Fsp3) is 0.611. The van der Waals surface area contributed by atoms with Gasteiger partial charge in [0.1, 0.15) is 5.75 Å². The van der Waals surface area contributed by atoms with Crippen LogP contribution in [0.3, 0.4) is 0 Å². The van der Waals surface area contributed by atoms with Crippen molar-refractivity contribution in [2.75, 3.05) is 13.7 Å². The van der Waals surface area contributed by atoms with E-state index in [0.717, 1.165) is 31.4 Å². The number of halogens is 2. The Morgan fingerprint density at radius 3 is 2.39 bits per heavy atom. The van der Waals surface area contributed by atoms with E-state index in [1.165, 1.54) is 19.3 Å². The van der Waals surface area contributed by atoms with Gasteiger partial charge in [-0.15, -0.1) is 0 Å². The van der Waals surface area contributed by atoms with Crippen LogP contribution in [0.1, 0.15) is 44.1 Å². The van der Waals surface area contributed by atoms with Crippen molar-refractivity contribution >= 4 is 29.1 Å². The lowest BCUT2D eigenvalue weighted by Crippen LogP contribution is -2.39. The highest BCUT2D eigenvalue weighted by atomic mass is 35.5. The molecule has 1 aliphatic carbocycles. The van der Waals surface area contributed by atoms with Crippen LogP contribution in [0.5, 0.6) is 5.75 Å². The number of methoxy groups -OCH3 is 1. The number of nitrogens with zero attached hydrogens (tertiary/aromatic N) is 1. The van der Waals surface area contributed by atoms with Crippen LogP contribution in [0.25, 0.3) is 0 Å². The lowest BCUT2D eigenvalue weighted by molar-refractivity contribution is -0.133. The Morgan fingerprint density at radius 1 is 1.13 bits per heavy atom. The molecule has 1 aliphatic heterocycles. The summed E-state index contributed by atoms with van der Waals surface area (Å²) in [6, 6.07) is 3.98. The molecule has 3 nitrogen and oxygen atoms in total. The summed E-state index contributed by atoms with van der Waals surface area (Å²) in [5, 5.41) is 1.16. The minimum atomic E-state index is 0.000298. The molecule has 1 heterocycles. The molecule has 5 heteroatoms. The van der Waals surface area contributed by atoms with Gasteiger partial charge in [-0.1, -0.05) is 42.5 Å². The minimum absolute atomic E-state index is 0.000298. The first-order chi connectivity index (χ1) is 11.1. The monoisotopic (exact) mass is 355 g/mol. The lowest BCUT2D eigenvalue weighted by Gasteiger charge is -2.31. The first kappa shape index (κ1) is 16.9. The van der Waals surface area contributed by atoms with Gasteiger partial charge >= 0.3 is 0 Å². The fourth-order valence-electron chi connectivity index (χ4n) is 3.85. The highest BCUT2D eigenvalue weighted by Crippen LogP contribution is 2.35. The third-order valence-electron chi connectivity index (χ3n) is 5.17. The van der Waals surface area contributed by atoms with E-state index in [0.29, 0.717) is 28.3 Å². The maximum atomic E-state index is 12.8. The second kappa shape index (κ2) is 7.31. The zero-order chi connectivity index (χ0) is 16.4. The van der Waals surface area contributed by atoms with Crippen molar-refractivity contribution < 1.29 is 9.53 Å². The molecule has 0 radical (unpaired) electrons. The topological polar surface area (TPSA) is 29.5 Å². The molecule has 1 amide bonds. The van der Waals surface area contributed by atoms with E-state index in [1.54, 1.807) is 19.2 Å². The zero-order valence-corrected chi connectivity index (χ0v) is 15.0. The summed E-state index contributed by atoms with van der Waals surface area (Å²) in [6.45, 7) is 0.875. The van der Waals surface area contributed by atoms with Crippen LogP contribution < -0.4 is 4.74 Å². The van der Waals surface area contributed by atoms with Gasteiger partial charge < -0.3 is 9.64 Å². The molecule has 0 spiro atoms. The molecule has 2 aliphatic rings. The molecule has 3 rings (SSSR count). The molecule has 0 bridgehead atoms. The molecule has 1 atom stereocenters. The van der Waals surface area contributed by atoms with Crippen molar-refractivity contribution in [3.8, 4) is 5.75 Å². The maximum Gasteiger partial charge on any atom is 0.226 e. The molecule has 1 aromatic carbocycles. The molecule has 1 saturated carbocycles. The van der Waals surface area contributed by atoms with Crippen LogP contribution in [0.15, 0.2) is 12.1 Å². The second-order valence-electron chi connectivity index (χ2n) is 6.58. The van der Waals surface area contributed by atoms with Crippen molar-refractivity contribution in [3.05, 3.63) is 27.7 Å². The van der Waals surface area contributed by atoms with Crippen molar-refractivity contribution in [1.29, 1.82) is 0 Å². The molecular formula is C18H23Cl2NO2. The van der Waals surface area contributed by atoms with Crippen LogP contribution in [0, 0.1) is 5.92 Å². The molecule has 2 fully saturated rings. The summed E-state index contributed by atoms with van der Waals surface area (Å²) in [5.74, 6) is 0.922. The highest BCUT2D eigenvalue weighted by molar-refractivity contribution is 6.36. The molecule has 126 valence electrons. The smallest absolute Gasteiger partial charge is 0.226 e. The largest absolute Gasteiger partial charge is 0.497 e. The van der Waals surface area contributed by atoms with Crippen LogP contribution in [-0.4, -0.2) is 30.5 Å². The van der Waals surface area contributed by atoms with Gasteiger partial charge in [0.05, 0.1) is 7.11 Å². The molecular weight excluding hydrogens is 333 g/mol. The van der Waals surface area contributed by atoms with E-state index < -0.39 is 0 Å². The Balaban J connectivity index is 1.70. The van der Waals surface area contributed by atoms with Crippen molar-refractivity contribution in [1.82, 2.24) is 4.90 Å². The van der Waals surface area contributed by atoms with Gasteiger partial charge in [-0.25, -0.2) is 0 Å². The average molecular weight is 356 g/mol. The van der Waals surface area contributed by atoms with E-state index in [2.05, 4.69) is 4.90 Å². The predicted molar refractivity (Wildman–Crippen MR) is 93.4 cm³/mol. The summed E-state index contributed by atoms with van der Waals surface area (Å²) in [7, 11) is 1.59. The first-order valence-corrected chi connectivity index (χ1v) is 9.18. The molecule has 0 aromatic heterocycles. The first-order valence-electron chi connectivity index (χ1n) is 8.42. The van der Waals surface area contributed by atoms with Gasteiger partial charge in [0.25, 0.3) is 0 Å².